The van der Waals surface area contributed by atoms with Crippen LogP contribution in [0.4, 0.5) is 4.39 Å². The molecule has 0 atom stereocenters. The molecule has 0 unspecified atom stereocenters. The van der Waals surface area contributed by atoms with Crippen molar-refractivity contribution in [3.05, 3.63) is 170 Å². The van der Waals surface area contributed by atoms with Gasteiger partial charge in [0.05, 0.1) is 19.2 Å². The van der Waals surface area contributed by atoms with Crippen molar-refractivity contribution in [2.75, 3.05) is 0 Å². The third-order valence-corrected chi connectivity index (χ3v) is 12.5. The van der Waals surface area contributed by atoms with Crippen LogP contribution in [0.25, 0.3) is 93.9 Å². The second-order valence-corrected chi connectivity index (χ2v) is 20.1. The van der Waals surface area contributed by atoms with Gasteiger partial charge in [0.1, 0.15) is 16.7 Å². The number of furan rings is 2. The zero-order valence-electron chi connectivity index (χ0n) is 31.3. The molecule has 279 valence electrons. The summed E-state index contributed by atoms with van der Waals surface area (Å²) in [7, 11) is -1.46. The molecule has 0 bridgehead atoms. The molecule has 8 heteroatoms. The summed E-state index contributed by atoms with van der Waals surface area (Å²) in [6, 6.07) is 52.4. The van der Waals surface area contributed by atoms with Gasteiger partial charge in [-0.25, -0.2) is 0 Å². The Balaban J connectivity index is 0.000000257. The minimum Gasteiger partial charge on any atom is -0.501 e. The number of benzene rings is 6. The van der Waals surface area contributed by atoms with Crippen molar-refractivity contribution in [2.24, 2.45) is 0 Å². The summed E-state index contributed by atoms with van der Waals surface area (Å²) in [5.41, 5.74) is 10.1. The SMILES string of the molecule is C[Si](C)(C)c1ccc2c(c1)oc1cc(-n3c4ccccc4c4cnc(-c5[c-]ccc6c5oc5ccccc56)cc43)ccc12.Fc1c[c-]c(-c2ccccn2)cc1.[Ir]. The van der Waals surface area contributed by atoms with E-state index in [0.29, 0.717) is 0 Å². The minimum atomic E-state index is -1.46. The van der Waals surface area contributed by atoms with Gasteiger partial charge in [-0.1, -0.05) is 103 Å². The average molecular weight is 936 g/mol. The van der Waals surface area contributed by atoms with Gasteiger partial charge in [-0.2, -0.15) is 0 Å². The molecule has 0 aliphatic carbocycles. The summed E-state index contributed by atoms with van der Waals surface area (Å²) in [4.78, 5) is 9.07. The van der Waals surface area contributed by atoms with Crippen molar-refractivity contribution < 1.29 is 33.3 Å². The van der Waals surface area contributed by atoms with Crippen LogP contribution in [-0.4, -0.2) is 22.6 Å². The first kappa shape index (κ1) is 36.5. The van der Waals surface area contributed by atoms with E-state index in [-0.39, 0.29) is 25.9 Å². The molecule has 0 saturated heterocycles. The third kappa shape index (κ3) is 6.46. The number of aromatic nitrogens is 3. The maximum absolute atomic E-state index is 12.6. The van der Waals surface area contributed by atoms with Gasteiger partial charge < -0.3 is 23.4 Å². The van der Waals surface area contributed by atoms with E-state index in [4.69, 9.17) is 13.8 Å². The fraction of sp³-hybridized carbons (Fsp3) is 0.0612. The van der Waals surface area contributed by atoms with Crippen LogP contribution < -0.4 is 5.19 Å². The summed E-state index contributed by atoms with van der Waals surface area (Å²) in [6.45, 7) is 7.10. The summed E-state index contributed by atoms with van der Waals surface area (Å²) >= 11 is 0. The van der Waals surface area contributed by atoms with Gasteiger partial charge in [-0.05, 0) is 47.8 Å². The zero-order valence-corrected chi connectivity index (χ0v) is 34.7. The first-order valence-corrected chi connectivity index (χ1v) is 22.1. The number of fused-ring (bicyclic) bond motifs is 9. The molecular formula is C49H34FIrN3O2Si-2. The van der Waals surface area contributed by atoms with Crippen molar-refractivity contribution in [3.8, 4) is 28.2 Å². The molecule has 11 aromatic rings. The number of halogens is 1. The molecule has 0 N–H and O–H groups in total. The van der Waals surface area contributed by atoms with Crippen LogP contribution in [0.2, 0.25) is 19.6 Å². The first-order chi connectivity index (χ1) is 27.3. The Hall–Kier alpha value is -6.18. The molecule has 0 fully saturated rings. The fourth-order valence-corrected chi connectivity index (χ4v) is 8.77. The Kier molecular flexibility index (Phi) is 9.21. The number of rotatable bonds is 4. The normalized spacial score (nSPS) is 11.7. The van der Waals surface area contributed by atoms with Crippen LogP contribution in [-0.2, 0) is 20.1 Å². The van der Waals surface area contributed by atoms with Crippen molar-refractivity contribution in [2.45, 2.75) is 19.6 Å². The molecule has 5 nitrogen and oxygen atoms in total. The summed E-state index contributed by atoms with van der Waals surface area (Å²) < 4.78 is 27.7. The summed E-state index contributed by atoms with van der Waals surface area (Å²) in [6.07, 6.45) is 3.68. The van der Waals surface area contributed by atoms with Crippen LogP contribution in [0.1, 0.15) is 0 Å². The fourth-order valence-electron chi connectivity index (χ4n) is 7.62. The number of para-hydroxylation sites is 2. The van der Waals surface area contributed by atoms with Crippen LogP contribution in [0.3, 0.4) is 0 Å². The second kappa shape index (κ2) is 14.4. The van der Waals surface area contributed by atoms with Crippen molar-refractivity contribution >= 4 is 78.9 Å². The van der Waals surface area contributed by atoms with Gasteiger partial charge in [-0.3, -0.25) is 4.39 Å². The Labute approximate surface area is 342 Å². The van der Waals surface area contributed by atoms with Crippen LogP contribution in [0.5, 0.6) is 0 Å². The number of hydrogen-bond acceptors (Lipinski definition) is 4. The summed E-state index contributed by atoms with van der Waals surface area (Å²) in [5, 5.41) is 8.12. The van der Waals surface area contributed by atoms with Gasteiger partial charge >= 0.3 is 0 Å². The number of nitrogens with zero attached hydrogens (tertiary/aromatic N) is 3. The first-order valence-electron chi connectivity index (χ1n) is 18.6. The topological polar surface area (TPSA) is 57.0 Å². The molecule has 5 heterocycles. The molecule has 0 spiro atoms. The van der Waals surface area contributed by atoms with Crippen molar-refractivity contribution in [3.63, 3.8) is 0 Å². The van der Waals surface area contributed by atoms with Gasteiger partial charge in [0, 0.05) is 82.5 Å². The smallest absolute Gasteiger partial charge is 0.137 e. The van der Waals surface area contributed by atoms with E-state index in [1.807, 2.05) is 48.7 Å². The third-order valence-electron chi connectivity index (χ3n) is 10.4. The molecule has 57 heavy (non-hydrogen) atoms. The number of hydrogen-bond donors (Lipinski definition) is 0. The van der Waals surface area contributed by atoms with Gasteiger partial charge in [0.2, 0.25) is 0 Å². The molecule has 0 aliphatic rings. The minimum absolute atomic E-state index is 0. The standard InChI is InChI=1S/C38H27N2O2Si.C11H7FN.Ir/c1-43(2,3)24-16-18-28-27-17-15-23(19-36(27)41-37(28)20-24)40-33-13-6-4-9-25(33)31-22-39-32(21-34(31)40)30-12-8-11-29-26-10-5-7-14-35(26)42-38(29)30;12-10-6-4-9(5-7-10)11-3-1-2-8-13-11;/h4-11,13-22H,1-3H3;1-4,6-8H;/q2*-1;. The van der Waals surface area contributed by atoms with Crippen LogP contribution in [0.15, 0.2) is 161 Å². The van der Waals surface area contributed by atoms with Gasteiger partial charge in [0.25, 0.3) is 0 Å². The van der Waals surface area contributed by atoms with E-state index in [2.05, 4.69) is 120 Å². The van der Waals surface area contributed by atoms with E-state index in [0.717, 1.165) is 93.9 Å². The Morgan fingerprint density at radius 2 is 1.35 bits per heavy atom. The predicted molar refractivity (Wildman–Crippen MR) is 229 cm³/mol. The number of pyridine rings is 2. The molecular weight excluding hydrogens is 902 g/mol. The van der Waals surface area contributed by atoms with E-state index >= 15 is 0 Å². The van der Waals surface area contributed by atoms with Crippen LogP contribution >= 0.6 is 0 Å². The zero-order chi connectivity index (χ0) is 38.0. The van der Waals surface area contributed by atoms with Crippen LogP contribution in [0, 0.1) is 17.9 Å². The Morgan fingerprint density at radius 3 is 2.14 bits per heavy atom. The molecule has 0 saturated carbocycles. The molecule has 11 rings (SSSR count). The van der Waals surface area contributed by atoms with Gasteiger partial charge in [-0.15, -0.1) is 48.0 Å². The van der Waals surface area contributed by atoms with Gasteiger partial charge in [0.15, 0.2) is 0 Å². The molecule has 1 radical (unpaired) electrons. The largest absolute Gasteiger partial charge is 0.501 e. The average Bonchev–Trinajstić information content (AvgIpc) is 3.90. The molecule has 5 aromatic heterocycles. The molecule has 0 amide bonds. The van der Waals surface area contributed by atoms with E-state index < -0.39 is 8.07 Å². The summed E-state index contributed by atoms with van der Waals surface area (Å²) in [5.74, 6) is -0.278. The Bertz CT molecular complexity index is 3250. The quantitative estimate of drug-likeness (QED) is 0.130. The van der Waals surface area contributed by atoms with Crippen molar-refractivity contribution in [1.82, 2.24) is 14.5 Å². The Morgan fingerprint density at radius 1 is 0.596 bits per heavy atom. The molecule has 6 aromatic carbocycles. The predicted octanol–water partition coefficient (Wildman–Crippen LogP) is 12.7. The van der Waals surface area contributed by atoms with E-state index in [9.17, 15) is 4.39 Å². The maximum Gasteiger partial charge on any atom is 0.137 e. The monoisotopic (exact) mass is 936 g/mol. The van der Waals surface area contributed by atoms with E-state index in [1.54, 1.807) is 12.3 Å². The molecule has 0 aliphatic heterocycles. The maximum atomic E-state index is 12.6. The van der Waals surface area contributed by atoms with E-state index in [1.165, 1.54) is 17.3 Å². The second-order valence-electron chi connectivity index (χ2n) is 15.0. The van der Waals surface area contributed by atoms with Crippen molar-refractivity contribution in [1.29, 1.82) is 0 Å².